The number of nitrogens with one attached hydrogen (secondary N) is 1. The number of aromatic nitrogens is 1. The van der Waals surface area contributed by atoms with E-state index in [-0.39, 0.29) is 27.6 Å². The van der Waals surface area contributed by atoms with Crippen molar-refractivity contribution in [1.82, 2.24) is 9.88 Å². The number of para-hydroxylation sites is 1. The first kappa shape index (κ1) is 24.4. The summed E-state index contributed by atoms with van der Waals surface area (Å²) < 4.78 is 31.1. The van der Waals surface area contributed by atoms with E-state index >= 15 is 0 Å². The Balaban J connectivity index is 1.83. The number of hydrogen-bond donors (Lipinski definition) is 1. The molecule has 180 valence electrons. The van der Waals surface area contributed by atoms with Crippen molar-refractivity contribution in [2.24, 2.45) is 0 Å². The molecule has 1 aliphatic rings. The summed E-state index contributed by atoms with van der Waals surface area (Å²) in [5.74, 6) is -0.490. The van der Waals surface area contributed by atoms with Crippen molar-refractivity contribution in [3.63, 3.8) is 0 Å². The zero-order valence-electron chi connectivity index (χ0n) is 18.7. The lowest BCUT2D eigenvalue weighted by molar-refractivity contribution is -0.116. The van der Waals surface area contributed by atoms with E-state index in [1.165, 1.54) is 16.7 Å². The lowest BCUT2D eigenvalue weighted by Crippen LogP contribution is -2.39. The average molecular weight is 496 g/mol. The third kappa shape index (κ3) is 5.84. The van der Waals surface area contributed by atoms with E-state index in [0.29, 0.717) is 15.8 Å². The Bertz CT molecular complexity index is 1400. The summed E-state index contributed by atoms with van der Waals surface area (Å²) in [5, 5.41) is 12.9. The molecule has 4 rings (SSSR count). The van der Waals surface area contributed by atoms with Gasteiger partial charge in [0, 0.05) is 6.04 Å². The zero-order valence-corrected chi connectivity index (χ0v) is 19.6. The van der Waals surface area contributed by atoms with Crippen LogP contribution in [0.1, 0.15) is 37.7 Å². The Morgan fingerprint density at radius 3 is 2.43 bits per heavy atom. The molecule has 0 radical (unpaired) electrons. The number of ether oxygens (including phenoxy) is 1. The van der Waals surface area contributed by atoms with Gasteiger partial charge in [0.2, 0.25) is 0 Å². The average Bonchev–Trinajstić information content (AvgIpc) is 3.17. The van der Waals surface area contributed by atoms with E-state index in [0.717, 1.165) is 43.4 Å². The van der Waals surface area contributed by atoms with Gasteiger partial charge in [-0.2, -0.15) is 14.0 Å². The van der Waals surface area contributed by atoms with Crippen molar-refractivity contribution in [2.45, 2.75) is 44.8 Å². The minimum Gasteiger partial charge on any atom is -0.435 e. The van der Waals surface area contributed by atoms with Gasteiger partial charge in [-0.25, -0.2) is 0 Å². The fourth-order valence-electron chi connectivity index (χ4n) is 4.06. The number of carbonyl (C=O) groups is 1. The summed E-state index contributed by atoms with van der Waals surface area (Å²) in [5.41, 5.74) is 0.605. The minimum atomic E-state index is -2.93. The van der Waals surface area contributed by atoms with Crippen molar-refractivity contribution >= 4 is 28.9 Å². The summed E-state index contributed by atoms with van der Waals surface area (Å²) in [6, 6.07) is 16.7. The highest BCUT2D eigenvalue weighted by Gasteiger charge is 2.21. The quantitative estimate of drug-likeness (QED) is 0.568. The highest BCUT2D eigenvalue weighted by molar-refractivity contribution is 7.07. The molecule has 2 aromatic carbocycles. The molecule has 1 saturated carbocycles. The van der Waals surface area contributed by atoms with Crippen molar-refractivity contribution < 1.29 is 18.3 Å². The molecule has 0 atom stereocenters. The highest BCUT2D eigenvalue weighted by atomic mass is 32.1. The predicted octanol–water partition coefficient (Wildman–Crippen LogP) is 3.45. The molecule has 0 unspecified atom stereocenters. The van der Waals surface area contributed by atoms with Crippen LogP contribution in [0.2, 0.25) is 0 Å². The van der Waals surface area contributed by atoms with Gasteiger partial charge in [0.15, 0.2) is 5.57 Å². The zero-order chi connectivity index (χ0) is 24.8. The van der Waals surface area contributed by atoms with E-state index in [4.69, 9.17) is 0 Å². The molecule has 0 aliphatic heterocycles. The Morgan fingerprint density at radius 1 is 1.11 bits per heavy atom. The van der Waals surface area contributed by atoms with Gasteiger partial charge in [-0.1, -0.05) is 49.6 Å². The van der Waals surface area contributed by atoms with Crippen LogP contribution in [-0.2, 0) is 4.79 Å². The van der Waals surface area contributed by atoms with E-state index in [2.05, 4.69) is 10.1 Å². The van der Waals surface area contributed by atoms with Gasteiger partial charge in [-0.05, 0) is 48.7 Å². The van der Waals surface area contributed by atoms with Crippen molar-refractivity contribution in [3.05, 3.63) is 79.7 Å². The van der Waals surface area contributed by atoms with Gasteiger partial charge < -0.3 is 10.1 Å². The fraction of sp³-hybridized carbons (Fsp3) is 0.269. The van der Waals surface area contributed by atoms with Crippen molar-refractivity contribution in [1.29, 1.82) is 5.26 Å². The first-order valence-corrected chi connectivity index (χ1v) is 12.1. The molecule has 1 heterocycles. The number of nitriles is 1. The lowest BCUT2D eigenvalue weighted by Gasteiger charge is -2.22. The first-order valence-electron chi connectivity index (χ1n) is 11.3. The third-order valence-corrected chi connectivity index (χ3v) is 6.83. The molecule has 1 aliphatic carbocycles. The number of hydrogen-bond acceptors (Lipinski definition) is 5. The number of rotatable bonds is 6. The Morgan fingerprint density at radius 2 is 1.80 bits per heavy atom. The molecule has 1 N–H and O–H groups in total. The Labute approximate surface area is 204 Å². The summed E-state index contributed by atoms with van der Waals surface area (Å²) >= 11 is 1.04. The van der Waals surface area contributed by atoms with Gasteiger partial charge in [-0.3, -0.25) is 14.2 Å². The van der Waals surface area contributed by atoms with E-state index < -0.39 is 12.5 Å². The van der Waals surface area contributed by atoms with Crippen molar-refractivity contribution in [3.8, 4) is 17.5 Å². The van der Waals surface area contributed by atoms with Gasteiger partial charge in [0.1, 0.15) is 16.5 Å². The number of alkyl halides is 2. The summed E-state index contributed by atoms with van der Waals surface area (Å²) in [6.45, 7) is -2.93. The summed E-state index contributed by atoms with van der Waals surface area (Å²) in [7, 11) is 0. The van der Waals surface area contributed by atoms with Crippen LogP contribution >= 0.6 is 11.3 Å². The largest absolute Gasteiger partial charge is 0.435 e. The second-order valence-corrected chi connectivity index (χ2v) is 9.17. The molecular formula is C26H23F2N3O3S. The summed E-state index contributed by atoms with van der Waals surface area (Å²) in [6.07, 6.45) is 6.52. The molecule has 35 heavy (non-hydrogen) atoms. The Hall–Kier alpha value is -3.77. The SMILES string of the molecule is N#C/C(C(=O)NC1CCCCC1)=c1/s/c(=C\c2ccc(OC(F)F)cc2)c(=O)n1-c1ccccc1. The van der Waals surface area contributed by atoms with Gasteiger partial charge >= 0.3 is 6.61 Å². The van der Waals surface area contributed by atoms with Crippen LogP contribution in [0.5, 0.6) is 5.75 Å². The smallest absolute Gasteiger partial charge is 0.387 e. The molecule has 0 saturated heterocycles. The minimum absolute atomic E-state index is 0.00481. The number of nitrogens with zero attached hydrogens (tertiary/aromatic N) is 2. The maximum absolute atomic E-state index is 13.4. The topological polar surface area (TPSA) is 84.1 Å². The number of benzene rings is 2. The lowest BCUT2D eigenvalue weighted by atomic mass is 9.95. The second-order valence-electron chi connectivity index (χ2n) is 8.13. The summed E-state index contributed by atoms with van der Waals surface area (Å²) in [4.78, 5) is 26.5. The number of amides is 1. The van der Waals surface area contributed by atoms with Gasteiger partial charge in [0.05, 0.1) is 10.2 Å². The van der Waals surface area contributed by atoms with E-state index in [1.54, 1.807) is 48.5 Å². The monoisotopic (exact) mass is 495 g/mol. The first-order chi connectivity index (χ1) is 17.0. The number of halogens is 2. The van der Waals surface area contributed by atoms with Crippen molar-refractivity contribution in [2.75, 3.05) is 0 Å². The standard InChI is InChI=1S/C26H23F2N3O3S/c27-26(28)34-20-13-11-17(12-14-20)15-22-24(33)31(19-9-5-2-6-10-19)25(35-22)21(16-29)23(32)30-18-7-3-1-4-8-18/h2,5-6,9-15,18,26H,1,3-4,7-8H2,(H,30,32)/b22-15-,25-21-. The van der Waals surface area contributed by atoms with Crippen LogP contribution in [0.4, 0.5) is 8.78 Å². The number of carbonyl (C=O) groups excluding carboxylic acids is 1. The van der Waals surface area contributed by atoms with Crippen LogP contribution < -0.4 is 24.8 Å². The van der Waals surface area contributed by atoms with Crippen LogP contribution in [0.3, 0.4) is 0 Å². The molecule has 1 fully saturated rings. The molecule has 9 heteroatoms. The van der Waals surface area contributed by atoms with E-state index in [9.17, 15) is 23.6 Å². The van der Waals surface area contributed by atoms with Crippen LogP contribution in [0.15, 0.2) is 59.4 Å². The Kier molecular flexibility index (Phi) is 7.73. The third-order valence-electron chi connectivity index (χ3n) is 5.73. The molecule has 6 nitrogen and oxygen atoms in total. The molecule has 1 aromatic heterocycles. The maximum Gasteiger partial charge on any atom is 0.387 e. The normalized spacial score (nSPS) is 15.5. The highest BCUT2D eigenvalue weighted by Crippen LogP contribution is 2.18. The van der Waals surface area contributed by atoms with Crippen LogP contribution in [0, 0.1) is 11.3 Å². The maximum atomic E-state index is 13.4. The van der Waals surface area contributed by atoms with Crippen LogP contribution in [0.25, 0.3) is 17.3 Å². The van der Waals surface area contributed by atoms with Crippen LogP contribution in [-0.4, -0.2) is 23.1 Å². The second kappa shape index (κ2) is 11.1. The van der Waals surface area contributed by atoms with Gasteiger partial charge in [0.25, 0.3) is 11.5 Å². The molecule has 0 bridgehead atoms. The van der Waals surface area contributed by atoms with Gasteiger partial charge in [-0.15, -0.1) is 11.3 Å². The van der Waals surface area contributed by atoms with E-state index in [1.807, 2.05) is 6.07 Å². The molecular weight excluding hydrogens is 472 g/mol. The molecule has 1 amide bonds. The molecule has 0 spiro atoms. The molecule has 3 aromatic rings. The fourth-order valence-corrected chi connectivity index (χ4v) is 5.16. The predicted molar refractivity (Wildman–Crippen MR) is 130 cm³/mol. The number of thiazole rings is 1.